The molecule has 1 aromatic heterocycles. The number of rotatable bonds is 7. The molecule has 150 valence electrons. The first kappa shape index (κ1) is 20.4. The van der Waals surface area contributed by atoms with Gasteiger partial charge >= 0.3 is 5.97 Å². The lowest BCUT2D eigenvalue weighted by Gasteiger charge is -2.05. The quantitative estimate of drug-likeness (QED) is 0.336. The van der Waals surface area contributed by atoms with Crippen molar-refractivity contribution < 1.29 is 19.2 Å². The zero-order chi connectivity index (χ0) is 20.8. The lowest BCUT2D eigenvalue weighted by molar-refractivity contribution is -0.384. The average Bonchev–Trinajstić information content (AvgIpc) is 3.03. The number of non-ortho nitro benzene ring substituents is 1. The maximum absolute atomic E-state index is 12.4. The van der Waals surface area contributed by atoms with Gasteiger partial charge in [-0.05, 0) is 25.0 Å². The highest BCUT2D eigenvalue weighted by atomic mass is 32.1. The van der Waals surface area contributed by atoms with Gasteiger partial charge in [0.25, 0.3) is 5.69 Å². The predicted molar refractivity (Wildman–Crippen MR) is 108 cm³/mol. The number of carbonyl (C=O) groups excluding carboxylic acids is 2. The van der Waals surface area contributed by atoms with E-state index in [1.54, 1.807) is 13.0 Å². The molecule has 0 aliphatic carbocycles. The minimum absolute atomic E-state index is 0.102. The molecule has 0 spiro atoms. The summed E-state index contributed by atoms with van der Waals surface area (Å²) < 4.78 is 7.17. The number of ether oxygens (including phenoxy) is 1. The van der Waals surface area contributed by atoms with Gasteiger partial charge in [-0.15, -0.1) is 0 Å². The van der Waals surface area contributed by atoms with E-state index in [-0.39, 0.29) is 31.2 Å². The Bertz CT molecular complexity index is 1120. The number of fused-ring (bicyclic) bond motifs is 1. The van der Waals surface area contributed by atoms with Crippen LogP contribution in [0, 0.1) is 10.1 Å². The number of aromatic nitrogens is 1. The van der Waals surface area contributed by atoms with Crippen molar-refractivity contribution in [2.45, 2.75) is 26.3 Å². The third-order valence-electron chi connectivity index (χ3n) is 4.16. The van der Waals surface area contributed by atoms with E-state index >= 15 is 0 Å². The molecule has 8 nitrogen and oxygen atoms in total. The molecule has 9 heteroatoms. The first-order valence-electron chi connectivity index (χ1n) is 9.03. The first-order valence-corrected chi connectivity index (χ1v) is 9.84. The van der Waals surface area contributed by atoms with Crippen molar-refractivity contribution in [3.63, 3.8) is 0 Å². The van der Waals surface area contributed by atoms with Crippen LogP contribution in [-0.2, 0) is 27.3 Å². The van der Waals surface area contributed by atoms with Gasteiger partial charge in [0.15, 0.2) is 4.80 Å². The molecule has 3 aromatic rings. The average molecular weight is 413 g/mol. The summed E-state index contributed by atoms with van der Waals surface area (Å²) in [7, 11) is 0. The van der Waals surface area contributed by atoms with Crippen LogP contribution in [0.3, 0.4) is 0 Å². The van der Waals surface area contributed by atoms with Crippen molar-refractivity contribution in [3.05, 3.63) is 69.0 Å². The summed E-state index contributed by atoms with van der Waals surface area (Å²) in [6, 6.07) is 13.9. The van der Waals surface area contributed by atoms with Crippen LogP contribution >= 0.6 is 11.3 Å². The molecule has 0 radical (unpaired) electrons. The Morgan fingerprint density at radius 1 is 1.21 bits per heavy atom. The van der Waals surface area contributed by atoms with Crippen LogP contribution in [-0.4, -0.2) is 28.0 Å². The second-order valence-corrected chi connectivity index (χ2v) is 7.19. The van der Waals surface area contributed by atoms with E-state index in [4.69, 9.17) is 4.74 Å². The molecular weight excluding hydrogens is 394 g/mol. The van der Waals surface area contributed by atoms with Crippen molar-refractivity contribution in [1.82, 2.24) is 4.57 Å². The third-order valence-corrected chi connectivity index (χ3v) is 5.22. The normalized spacial score (nSPS) is 11.6. The molecule has 29 heavy (non-hydrogen) atoms. The van der Waals surface area contributed by atoms with E-state index in [9.17, 15) is 19.7 Å². The zero-order valence-electron chi connectivity index (χ0n) is 15.7. The summed E-state index contributed by atoms with van der Waals surface area (Å²) in [5.41, 5.74) is 1.39. The summed E-state index contributed by atoms with van der Waals surface area (Å²) >= 11 is 1.20. The largest absolute Gasteiger partial charge is 0.465 e. The Labute approximate surface area is 170 Å². The third kappa shape index (κ3) is 5.14. The molecule has 0 fully saturated rings. The fourth-order valence-corrected chi connectivity index (χ4v) is 3.83. The summed E-state index contributed by atoms with van der Waals surface area (Å²) in [5, 5.41) is 11.1. The lowest BCUT2D eigenvalue weighted by Crippen LogP contribution is -2.23. The zero-order valence-corrected chi connectivity index (χ0v) is 16.6. The number of amides is 1. The fourth-order valence-electron chi connectivity index (χ4n) is 2.80. The van der Waals surface area contributed by atoms with Crippen LogP contribution in [0.25, 0.3) is 10.2 Å². The summed E-state index contributed by atoms with van der Waals surface area (Å²) in [6.45, 7) is 1.72. The van der Waals surface area contributed by atoms with Crippen molar-refractivity contribution >= 4 is 39.1 Å². The number of nitrogens with zero attached hydrogens (tertiary/aromatic N) is 3. The van der Waals surface area contributed by atoms with E-state index in [2.05, 4.69) is 4.99 Å². The second kappa shape index (κ2) is 9.24. The van der Waals surface area contributed by atoms with Crippen LogP contribution in [0.1, 0.15) is 18.9 Å². The van der Waals surface area contributed by atoms with Crippen LogP contribution in [0.4, 0.5) is 5.69 Å². The number of nitro groups is 1. The number of carbonyl (C=O) groups is 2. The molecule has 1 amide bonds. The number of nitro benzene ring substituents is 1. The predicted octanol–water partition coefficient (Wildman–Crippen LogP) is 3.23. The first-order chi connectivity index (χ1) is 14.0. The van der Waals surface area contributed by atoms with E-state index < -0.39 is 10.9 Å². The van der Waals surface area contributed by atoms with Gasteiger partial charge in [0.05, 0.1) is 21.7 Å². The van der Waals surface area contributed by atoms with E-state index in [1.165, 1.54) is 28.0 Å². The van der Waals surface area contributed by atoms with Crippen molar-refractivity contribution in [1.29, 1.82) is 0 Å². The minimum atomic E-state index is -0.506. The lowest BCUT2D eigenvalue weighted by atomic mass is 10.1. The second-order valence-electron chi connectivity index (χ2n) is 6.18. The Hall–Kier alpha value is -3.33. The Morgan fingerprint density at radius 3 is 2.66 bits per heavy atom. The van der Waals surface area contributed by atoms with Gasteiger partial charge in [-0.3, -0.25) is 19.7 Å². The van der Waals surface area contributed by atoms with Gasteiger partial charge in [-0.2, -0.15) is 4.99 Å². The number of aryl methyl sites for hydroxylation is 1. The van der Waals surface area contributed by atoms with Gasteiger partial charge in [0.1, 0.15) is 6.54 Å². The van der Waals surface area contributed by atoms with Crippen LogP contribution in [0.2, 0.25) is 0 Å². The molecule has 0 unspecified atom stereocenters. The van der Waals surface area contributed by atoms with Gasteiger partial charge in [-0.1, -0.05) is 41.7 Å². The maximum Gasteiger partial charge on any atom is 0.326 e. The molecule has 0 saturated carbocycles. The van der Waals surface area contributed by atoms with E-state index in [0.29, 0.717) is 21.4 Å². The molecule has 0 aliphatic rings. The highest BCUT2D eigenvalue weighted by molar-refractivity contribution is 7.16. The fraction of sp³-hybridized carbons (Fsp3) is 0.250. The van der Waals surface area contributed by atoms with Gasteiger partial charge in [0, 0.05) is 18.6 Å². The molecule has 0 atom stereocenters. The molecular formula is C20H19N3O5S. The standard InChI is InChI=1S/C20H19N3O5S/c1-2-28-19(25)13-22-16-12-15(23(26)27)9-10-17(16)29-20(22)21-18(24)11-8-14-6-4-3-5-7-14/h3-7,9-10,12H,2,8,11,13H2,1H3. The van der Waals surface area contributed by atoms with Gasteiger partial charge in [0.2, 0.25) is 5.91 Å². The summed E-state index contributed by atoms with van der Waals surface area (Å²) in [4.78, 5) is 39.5. The van der Waals surface area contributed by atoms with Crippen LogP contribution in [0.15, 0.2) is 53.5 Å². The Morgan fingerprint density at radius 2 is 1.97 bits per heavy atom. The minimum Gasteiger partial charge on any atom is -0.465 e. The number of esters is 1. The van der Waals surface area contributed by atoms with Crippen molar-refractivity contribution in [2.24, 2.45) is 4.99 Å². The van der Waals surface area contributed by atoms with Crippen molar-refractivity contribution in [3.8, 4) is 0 Å². The monoisotopic (exact) mass is 413 g/mol. The smallest absolute Gasteiger partial charge is 0.326 e. The molecule has 3 rings (SSSR count). The summed E-state index contributed by atoms with van der Waals surface area (Å²) in [5.74, 6) is -0.829. The SMILES string of the molecule is CCOC(=O)Cn1c(=NC(=O)CCc2ccccc2)sc2ccc([N+](=O)[O-])cc21. The highest BCUT2D eigenvalue weighted by Gasteiger charge is 2.15. The van der Waals surface area contributed by atoms with Gasteiger partial charge < -0.3 is 9.30 Å². The Kier molecular flexibility index (Phi) is 6.50. The molecule has 2 aromatic carbocycles. The topological polar surface area (TPSA) is 104 Å². The molecule has 0 N–H and O–H groups in total. The number of hydrogen-bond acceptors (Lipinski definition) is 6. The molecule has 0 bridgehead atoms. The molecule has 0 aliphatic heterocycles. The van der Waals surface area contributed by atoms with Gasteiger partial charge in [-0.25, -0.2) is 0 Å². The van der Waals surface area contributed by atoms with Crippen LogP contribution in [0.5, 0.6) is 0 Å². The van der Waals surface area contributed by atoms with E-state index in [0.717, 1.165) is 5.56 Å². The summed E-state index contributed by atoms with van der Waals surface area (Å²) in [6.07, 6.45) is 0.773. The highest BCUT2D eigenvalue weighted by Crippen LogP contribution is 2.23. The number of thiazole rings is 1. The number of hydrogen-bond donors (Lipinski definition) is 0. The van der Waals surface area contributed by atoms with Crippen LogP contribution < -0.4 is 4.80 Å². The maximum atomic E-state index is 12.4. The van der Waals surface area contributed by atoms with Crippen molar-refractivity contribution in [2.75, 3.05) is 6.61 Å². The van der Waals surface area contributed by atoms with E-state index in [1.807, 2.05) is 30.3 Å². The number of benzene rings is 2. The Balaban J connectivity index is 1.95. The molecule has 1 heterocycles. The molecule has 0 saturated heterocycles.